The normalized spacial score (nSPS) is 17.1. The van der Waals surface area contributed by atoms with Crippen molar-refractivity contribution in [3.63, 3.8) is 0 Å². The molecule has 1 fully saturated rings. The van der Waals surface area contributed by atoms with Crippen LogP contribution in [0.5, 0.6) is 0 Å². The minimum atomic E-state index is -4.05. The number of hydrogen-bond acceptors (Lipinski definition) is 7. The van der Waals surface area contributed by atoms with Gasteiger partial charge in [0, 0.05) is 25.7 Å². The molecule has 0 aliphatic carbocycles. The third-order valence-electron chi connectivity index (χ3n) is 5.51. The highest BCUT2D eigenvalue weighted by molar-refractivity contribution is 7.92. The summed E-state index contributed by atoms with van der Waals surface area (Å²) in [5.74, 6) is -0.0914. The van der Waals surface area contributed by atoms with E-state index in [-0.39, 0.29) is 28.7 Å². The Kier molecular flexibility index (Phi) is 7.26. The van der Waals surface area contributed by atoms with Crippen molar-refractivity contribution in [2.24, 2.45) is 11.1 Å². The number of hydrogen-bond donors (Lipinski definition) is 3. The van der Waals surface area contributed by atoms with Crippen LogP contribution in [0.1, 0.15) is 24.0 Å². The molecule has 1 atom stereocenters. The lowest BCUT2D eigenvalue weighted by Crippen LogP contribution is -2.42. The Morgan fingerprint density at radius 2 is 1.88 bits per heavy atom. The Hall–Kier alpha value is -2.74. The summed E-state index contributed by atoms with van der Waals surface area (Å²) in [6.45, 7) is 4.68. The highest BCUT2D eigenvalue weighted by Crippen LogP contribution is 2.34. The number of nitrogens with zero attached hydrogens (tertiary/aromatic N) is 2. The minimum Gasteiger partial charge on any atom is -0.366 e. The summed E-state index contributed by atoms with van der Waals surface area (Å²) in [6.07, 6.45) is 1.43. The van der Waals surface area contributed by atoms with E-state index < -0.39 is 25.2 Å². The molecule has 0 radical (unpaired) electrons. The number of nitro benzene ring substituents is 1. The lowest BCUT2D eigenvalue weighted by molar-refractivity contribution is -0.384. The molecule has 4 N–H and O–H groups in total. The fraction of sp³-hybridized carbons (Fsp3) is 0.400. The van der Waals surface area contributed by atoms with Gasteiger partial charge in [0.15, 0.2) is 0 Å². The first-order chi connectivity index (χ1) is 15.4. The Balaban J connectivity index is 1.86. The van der Waals surface area contributed by atoms with Gasteiger partial charge in [-0.3, -0.25) is 14.8 Å². The van der Waals surface area contributed by atoms with Gasteiger partial charge in [-0.2, -0.15) is 8.42 Å². The molecule has 13 heteroatoms. The van der Waals surface area contributed by atoms with Gasteiger partial charge < -0.3 is 4.90 Å². The minimum absolute atomic E-state index is 0.0914. The van der Waals surface area contributed by atoms with Gasteiger partial charge in [-0.15, -0.1) is 0 Å². The Labute approximate surface area is 193 Å². The monoisotopic (exact) mass is 497 g/mol. The molecule has 33 heavy (non-hydrogen) atoms. The van der Waals surface area contributed by atoms with Crippen LogP contribution in [0.15, 0.2) is 41.3 Å². The van der Waals surface area contributed by atoms with E-state index in [0.717, 1.165) is 23.6 Å². The summed E-state index contributed by atoms with van der Waals surface area (Å²) in [5, 5.41) is 16.8. The molecule has 3 rings (SSSR count). The van der Waals surface area contributed by atoms with E-state index in [1.165, 1.54) is 12.1 Å². The second-order valence-corrected chi connectivity index (χ2v) is 11.2. The van der Waals surface area contributed by atoms with Gasteiger partial charge in [-0.25, -0.2) is 18.3 Å². The number of nitrogens with two attached hydrogens (primary N) is 1. The van der Waals surface area contributed by atoms with Gasteiger partial charge in [-0.1, -0.05) is 17.7 Å². The van der Waals surface area contributed by atoms with E-state index in [1.54, 1.807) is 24.0 Å². The molecule has 0 saturated carbocycles. The summed E-state index contributed by atoms with van der Waals surface area (Å²) in [7, 11) is -7.88. The summed E-state index contributed by atoms with van der Waals surface area (Å²) in [4.78, 5) is 12.7. The molecule has 2 aromatic rings. The second-order valence-electron chi connectivity index (χ2n) is 8.18. The van der Waals surface area contributed by atoms with Crippen LogP contribution in [0.3, 0.4) is 0 Å². The van der Waals surface area contributed by atoms with Crippen LogP contribution in [-0.2, 0) is 20.2 Å². The number of aryl methyl sites for hydroxylation is 2. The third-order valence-corrected chi connectivity index (χ3v) is 7.45. The zero-order chi connectivity index (χ0) is 24.4. The molecule has 1 aliphatic heterocycles. The molecule has 1 saturated heterocycles. The zero-order valence-corrected chi connectivity index (χ0v) is 19.9. The molecule has 0 aromatic heterocycles. The molecule has 0 spiro atoms. The van der Waals surface area contributed by atoms with Gasteiger partial charge >= 0.3 is 0 Å². The van der Waals surface area contributed by atoms with Crippen LogP contribution < -0.4 is 19.5 Å². The fourth-order valence-corrected chi connectivity index (χ4v) is 5.52. The predicted molar refractivity (Wildman–Crippen MR) is 126 cm³/mol. The number of anilines is 2. The standard InChI is InChI=1S/C20H27N5O6S2/c1-14-5-7-18(15(2)10-14)23-32(28,29)17-6-8-19(20(11-17)25(26)27)24-9-3-4-16(13-24)12-22-33(21,30)31/h5-8,10-11,16,22-23H,3-4,9,12-13H2,1-2H3,(H2,21,30,31). The number of nitrogens with one attached hydrogen (secondary N) is 2. The number of benzene rings is 2. The maximum absolute atomic E-state index is 12.9. The number of nitro groups is 1. The quantitative estimate of drug-likeness (QED) is 0.371. The molecular formula is C20H27N5O6S2. The van der Waals surface area contributed by atoms with Crippen molar-refractivity contribution in [1.82, 2.24) is 4.72 Å². The van der Waals surface area contributed by atoms with E-state index in [4.69, 9.17) is 5.14 Å². The zero-order valence-electron chi connectivity index (χ0n) is 18.3. The first kappa shape index (κ1) is 24.9. The van der Waals surface area contributed by atoms with Crippen molar-refractivity contribution < 1.29 is 21.8 Å². The van der Waals surface area contributed by atoms with Crippen molar-refractivity contribution in [3.8, 4) is 0 Å². The lowest BCUT2D eigenvalue weighted by Gasteiger charge is -2.34. The van der Waals surface area contributed by atoms with Crippen molar-refractivity contribution in [2.75, 3.05) is 29.3 Å². The van der Waals surface area contributed by atoms with Crippen molar-refractivity contribution in [2.45, 2.75) is 31.6 Å². The van der Waals surface area contributed by atoms with Crippen LogP contribution >= 0.6 is 0 Å². The molecule has 2 aromatic carbocycles. The van der Waals surface area contributed by atoms with Gasteiger partial charge in [0.25, 0.3) is 25.9 Å². The maximum Gasteiger partial charge on any atom is 0.293 e. The number of rotatable bonds is 8. The van der Waals surface area contributed by atoms with E-state index in [9.17, 15) is 26.9 Å². The summed E-state index contributed by atoms with van der Waals surface area (Å²) < 4.78 is 52.9. The average molecular weight is 498 g/mol. The summed E-state index contributed by atoms with van der Waals surface area (Å²) >= 11 is 0. The largest absolute Gasteiger partial charge is 0.366 e. The van der Waals surface area contributed by atoms with Gasteiger partial charge in [0.05, 0.1) is 15.5 Å². The molecule has 1 aliphatic rings. The van der Waals surface area contributed by atoms with Crippen LogP contribution in [0, 0.1) is 29.9 Å². The predicted octanol–water partition coefficient (Wildman–Crippen LogP) is 2.02. The Bertz CT molecular complexity index is 1260. The first-order valence-corrected chi connectivity index (χ1v) is 13.3. The van der Waals surface area contributed by atoms with Crippen LogP contribution in [0.2, 0.25) is 0 Å². The average Bonchev–Trinajstić information content (AvgIpc) is 2.73. The second kappa shape index (κ2) is 9.63. The molecule has 180 valence electrons. The lowest BCUT2D eigenvalue weighted by atomic mass is 9.97. The van der Waals surface area contributed by atoms with Gasteiger partial charge in [0.2, 0.25) is 0 Å². The van der Waals surface area contributed by atoms with E-state index >= 15 is 0 Å². The third kappa shape index (κ3) is 6.41. The molecule has 11 nitrogen and oxygen atoms in total. The summed E-state index contributed by atoms with van der Waals surface area (Å²) in [5.41, 5.74) is 2.06. The van der Waals surface area contributed by atoms with Crippen molar-refractivity contribution in [3.05, 3.63) is 57.6 Å². The molecule has 0 bridgehead atoms. The van der Waals surface area contributed by atoms with Crippen LogP contribution in [-0.4, -0.2) is 41.4 Å². The maximum atomic E-state index is 12.9. The van der Waals surface area contributed by atoms with Crippen LogP contribution in [0.25, 0.3) is 0 Å². The first-order valence-electron chi connectivity index (χ1n) is 10.3. The van der Waals surface area contributed by atoms with Crippen molar-refractivity contribution >= 4 is 37.3 Å². The number of sulfonamides is 1. The van der Waals surface area contributed by atoms with Crippen molar-refractivity contribution in [1.29, 1.82) is 0 Å². The smallest absolute Gasteiger partial charge is 0.293 e. The molecule has 1 unspecified atom stereocenters. The topological polar surface area (TPSA) is 165 Å². The van der Waals surface area contributed by atoms with Gasteiger partial charge in [0.1, 0.15) is 5.69 Å². The Morgan fingerprint density at radius 3 is 2.52 bits per heavy atom. The highest BCUT2D eigenvalue weighted by atomic mass is 32.2. The summed E-state index contributed by atoms with van der Waals surface area (Å²) in [6, 6.07) is 9.06. The Morgan fingerprint density at radius 1 is 1.15 bits per heavy atom. The van der Waals surface area contributed by atoms with E-state index in [2.05, 4.69) is 9.44 Å². The molecule has 0 amide bonds. The highest BCUT2D eigenvalue weighted by Gasteiger charge is 2.28. The van der Waals surface area contributed by atoms with Crippen LogP contribution in [0.4, 0.5) is 17.1 Å². The van der Waals surface area contributed by atoms with E-state index in [1.807, 2.05) is 13.0 Å². The van der Waals surface area contributed by atoms with E-state index in [0.29, 0.717) is 25.2 Å². The van der Waals surface area contributed by atoms with Gasteiger partial charge in [-0.05, 0) is 56.4 Å². The number of piperidine rings is 1. The molecular weight excluding hydrogens is 470 g/mol. The fourth-order valence-electron chi connectivity index (χ4n) is 3.90. The molecule has 1 heterocycles. The SMILES string of the molecule is Cc1ccc(NS(=O)(=O)c2ccc(N3CCCC(CNS(N)(=O)=O)C3)c([N+](=O)[O-])c2)c(C)c1.